The van der Waals surface area contributed by atoms with Gasteiger partial charge in [0.2, 0.25) is 5.91 Å². The summed E-state index contributed by atoms with van der Waals surface area (Å²) in [6.45, 7) is 2.07. The van der Waals surface area contributed by atoms with Crippen molar-refractivity contribution in [1.82, 2.24) is 4.98 Å². The Morgan fingerprint density at radius 1 is 1.07 bits per heavy atom. The van der Waals surface area contributed by atoms with Crippen molar-refractivity contribution in [2.45, 2.75) is 19.2 Å². The van der Waals surface area contributed by atoms with Crippen molar-refractivity contribution in [2.24, 2.45) is 0 Å². The SMILES string of the molecule is Cc1cccc2sc(N(Cc3ccco3)C(=O)CS(=O)(=O)Cc3ccccc3)nc12. The minimum absolute atomic E-state index is 0.117. The third-order valence-electron chi connectivity index (χ3n) is 4.61. The number of nitrogens with zero attached hydrogens (tertiary/aromatic N) is 2. The lowest BCUT2D eigenvalue weighted by atomic mass is 10.2. The fraction of sp³-hybridized carbons (Fsp3) is 0.182. The molecule has 0 saturated carbocycles. The van der Waals surface area contributed by atoms with Gasteiger partial charge in [-0.25, -0.2) is 13.4 Å². The normalized spacial score (nSPS) is 11.6. The molecule has 30 heavy (non-hydrogen) atoms. The number of hydrogen-bond donors (Lipinski definition) is 0. The molecule has 0 aliphatic carbocycles. The average Bonchev–Trinajstić information content (AvgIpc) is 3.36. The van der Waals surface area contributed by atoms with Crippen LogP contribution in [0.1, 0.15) is 16.9 Å². The summed E-state index contributed by atoms with van der Waals surface area (Å²) in [5.74, 6) is -0.760. The van der Waals surface area contributed by atoms with E-state index in [1.54, 1.807) is 36.4 Å². The summed E-state index contributed by atoms with van der Waals surface area (Å²) in [6.07, 6.45) is 1.52. The lowest BCUT2D eigenvalue weighted by molar-refractivity contribution is -0.116. The summed E-state index contributed by atoms with van der Waals surface area (Å²) in [5, 5.41) is 0.454. The number of rotatable bonds is 7. The molecule has 4 aromatic rings. The Balaban J connectivity index is 1.63. The second-order valence-corrected chi connectivity index (χ2v) is 10.1. The number of amides is 1. The van der Waals surface area contributed by atoms with Crippen molar-refractivity contribution in [3.63, 3.8) is 0 Å². The quantitative estimate of drug-likeness (QED) is 0.427. The predicted octanol–water partition coefficient (Wildman–Crippen LogP) is 4.35. The number of carbonyl (C=O) groups is 1. The maximum Gasteiger partial charge on any atom is 0.244 e. The van der Waals surface area contributed by atoms with Crippen LogP contribution in [0.25, 0.3) is 10.2 Å². The highest BCUT2D eigenvalue weighted by Gasteiger charge is 2.26. The number of aromatic nitrogens is 1. The van der Waals surface area contributed by atoms with E-state index in [9.17, 15) is 13.2 Å². The van der Waals surface area contributed by atoms with Crippen LogP contribution >= 0.6 is 11.3 Å². The van der Waals surface area contributed by atoms with Gasteiger partial charge in [0.15, 0.2) is 15.0 Å². The minimum atomic E-state index is -3.65. The van der Waals surface area contributed by atoms with Gasteiger partial charge in [0.1, 0.15) is 11.5 Å². The van der Waals surface area contributed by atoms with Crippen molar-refractivity contribution in [3.05, 3.63) is 83.8 Å². The zero-order chi connectivity index (χ0) is 21.1. The molecule has 0 fully saturated rings. The van der Waals surface area contributed by atoms with Gasteiger partial charge in [-0.1, -0.05) is 53.8 Å². The third kappa shape index (κ3) is 4.60. The predicted molar refractivity (Wildman–Crippen MR) is 118 cm³/mol. The number of sulfone groups is 1. The van der Waals surface area contributed by atoms with Gasteiger partial charge >= 0.3 is 0 Å². The first-order chi connectivity index (χ1) is 14.4. The molecule has 2 heterocycles. The van der Waals surface area contributed by atoms with E-state index >= 15 is 0 Å². The van der Waals surface area contributed by atoms with Gasteiger partial charge in [0.05, 0.1) is 28.8 Å². The molecule has 2 aromatic carbocycles. The zero-order valence-electron chi connectivity index (χ0n) is 16.3. The van der Waals surface area contributed by atoms with Gasteiger partial charge < -0.3 is 4.42 Å². The molecular weight excluding hydrogens is 420 g/mol. The molecule has 0 radical (unpaired) electrons. The molecule has 8 heteroatoms. The van der Waals surface area contributed by atoms with Gasteiger partial charge in [-0.2, -0.15) is 0 Å². The van der Waals surface area contributed by atoms with Crippen molar-refractivity contribution in [1.29, 1.82) is 0 Å². The van der Waals surface area contributed by atoms with Crippen LogP contribution in [0.3, 0.4) is 0 Å². The van der Waals surface area contributed by atoms with E-state index in [1.165, 1.54) is 22.5 Å². The van der Waals surface area contributed by atoms with Crippen LogP contribution in [0.4, 0.5) is 5.13 Å². The third-order valence-corrected chi connectivity index (χ3v) is 7.11. The van der Waals surface area contributed by atoms with Gasteiger partial charge in [-0.05, 0) is 36.2 Å². The highest BCUT2D eigenvalue weighted by Crippen LogP contribution is 2.31. The number of hydrogen-bond acceptors (Lipinski definition) is 6. The summed E-state index contributed by atoms with van der Waals surface area (Å²) in [4.78, 5) is 19.1. The molecule has 0 unspecified atom stereocenters. The molecule has 0 N–H and O–H groups in total. The maximum atomic E-state index is 13.1. The molecule has 1 amide bonds. The van der Waals surface area contributed by atoms with Gasteiger partial charge in [0.25, 0.3) is 0 Å². The summed E-state index contributed by atoms with van der Waals surface area (Å²) in [5.41, 5.74) is 2.46. The van der Waals surface area contributed by atoms with Gasteiger partial charge in [-0.15, -0.1) is 0 Å². The molecule has 0 aliphatic heterocycles. The Labute approximate surface area is 178 Å². The van der Waals surface area contributed by atoms with E-state index in [1.807, 2.05) is 31.2 Å². The van der Waals surface area contributed by atoms with E-state index < -0.39 is 21.5 Å². The molecule has 0 atom stereocenters. The smallest absolute Gasteiger partial charge is 0.244 e. The Hall–Kier alpha value is -2.97. The molecular formula is C22H20N2O4S2. The molecule has 2 aromatic heterocycles. The molecule has 154 valence electrons. The van der Waals surface area contributed by atoms with Crippen molar-refractivity contribution >= 4 is 42.4 Å². The average molecular weight is 441 g/mol. The van der Waals surface area contributed by atoms with Crippen LogP contribution in [-0.4, -0.2) is 25.1 Å². The van der Waals surface area contributed by atoms with E-state index in [4.69, 9.17) is 4.42 Å². The van der Waals surface area contributed by atoms with Crippen molar-refractivity contribution < 1.29 is 17.6 Å². The van der Waals surface area contributed by atoms with Crippen LogP contribution in [0.5, 0.6) is 0 Å². The molecule has 4 rings (SSSR count). The highest BCUT2D eigenvalue weighted by atomic mass is 32.2. The summed E-state index contributed by atoms with van der Waals surface area (Å²) >= 11 is 1.36. The van der Waals surface area contributed by atoms with Gasteiger partial charge in [0, 0.05) is 0 Å². The van der Waals surface area contributed by atoms with E-state index in [2.05, 4.69) is 4.98 Å². The lowest BCUT2D eigenvalue weighted by Gasteiger charge is -2.18. The van der Waals surface area contributed by atoms with Crippen LogP contribution in [0.15, 0.2) is 71.3 Å². The lowest BCUT2D eigenvalue weighted by Crippen LogP contribution is -2.35. The maximum absolute atomic E-state index is 13.1. The minimum Gasteiger partial charge on any atom is -0.467 e. The Kier molecular flexibility index (Phi) is 5.69. The first kappa shape index (κ1) is 20.3. The van der Waals surface area contributed by atoms with E-state index in [0.29, 0.717) is 16.5 Å². The number of thiazole rings is 1. The van der Waals surface area contributed by atoms with Crippen molar-refractivity contribution in [3.8, 4) is 0 Å². The fourth-order valence-corrected chi connectivity index (χ4v) is 5.55. The first-order valence-corrected chi connectivity index (χ1v) is 12.0. The second-order valence-electron chi connectivity index (χ2n) is 7.00. The molecule has 0 saturated heterocycles. The largest absolute Gasteiger partial charge is 0.467 e. The summed E-state index contributed by atoms with van der Waals surface area (Å²) < 4.78 is 31.7. The second kappa shape index (κ2) is 8.41. The summed E-state index contributed by atoms with van der Waals surface area (Å²) in [7, 11) is -3.65. The monoisotopic (exact) mass is 440 g/mol. The highest BCUT2D eigenvalue weighted by molar-refractivity contribution is 7.91. The standard InChI is InChI=1S/C22H20N2O4S2/c1-16-7-5-11-19-21(16)23-22(29-19)24(13-18-10-6-12-28-18)20(25)15-30(26,27)14-17-8-3-2-4-9-17/h2-12H,13-15H2,1H3. The topological polar surface area (TPSA) is 80.5 Å². The van der Waals surface area contributed by atoms with E-state index in [-0.39, 0.29) is 12.3 Å². The van der Waals surface area contributed by atoms with Crippen LogP contribution in [0, 0.1) is 6.92 Å². The van der Waals surface area contributed by atoms with Crippen molar-refractivity contribution in [2.75, 3.05) is 10.7 Å². The van der Waals surface area contributed by atoms with Crippen LogP contribution < -0.4 is 4.90 Å². The molecule has 0 aliphatic rings. The number of carbonyl (C=O) groups excluding carboxylic acids is 1. The Bertz CT molecular complexity index is 1260. The van der Waals surface area contributed by atoms with E-state index in [0.717, 1.165) is 15.8 Å². The number of anilines is 1. The molecule has 6 nitrogen and oxygen atoms in total. The van der Waals surface area contributed by atoms with Crippen LogP contribution in [0.2, 0.25) is 0 Å². The molecule has 0 spiro atoms. The summed E-state index contributed by atoms with van der Waals surface area (Å²) in [6, 6.07) is 18.1. The molecule has 0 bridgehead atoms. The van der Waals surface area contributed by atoms with Gasteiger partial charge in [-0.3, -0.25) is 9.69 Å². The zero-order valence-corrected chi connectivity index (χ0v) is 17.9. The Morgan fingerprint density at radius 2 is 1.87 bits per heavy atom. The first-order valence-electron chi connectivity index (χ1n) is 9.34. The van der Waals surface area contributed by atoms with Crippen LogP contribution in [-0.2, 0) is 26.9 Å². The number of para-hydroxylation sites is 1. The Morgan fingerprint density at radius 3 is 2.57 bits per heavy atom. The number of furan rings is 1. The number of fused-ring (bicyclic) bond motifs is 1. The number of benzene rings is 2. The number of aryl methyl sites for hydroxylation is 1. The fourth-order valence-electron chi connectivity index (χ4n) is 3.16.